The van der Waals surface area contributed by atoms with Crippen molar-refractivity contribution in [1.82, 2.24) is 15.0 Å². The third kappa shape index (κ3) is 5.10. The minimum atomic E-state index is -0.724. The van der Waals surface area contributed by atoms with Gasteiger partial charge in [-0.2, -0.15) is 0 Å². The first-order valence-corrected chi connectivity index (χ1v) is 10.2. The minimum Gasteiger partial charge on any atom is -0.504 e. The van der Waals surface area contributed by atoms with Gasteiger partial charge >= 0.3 is 6.03 Å². The molecular formula is C24H23N5O3. The summed E-state index contributed by atoms with van der Waals surface area (Å²) < 4.78 is 5.09. The highest BCUT2D eigenvalue weighted by molar-refractivity contribution is 5.87. The Kier molecular flexibility index (Phi) is 6.12. The Morgan fingerprint density at radius 1 is 1.09 bits per heavy atom. The van der Waals surface area contributed by atoms with E-state index in [-0.39, 0.29) is 11.6 Å². The molecule has 0 radical (unpaired) electrons. The normalized spacial score (nSPS) is 12.5. The Labute approximate surface area is 185 Å². The summed E-state index contributed by atoms with van der Waals surface area (Å²) in [5, 5.41) is 12.0. The number of pyridine rings is 1. The van der Waals surface area contributed by atoms with Gasteiger partial charge in [0.15, 0.2) is 23.0 Å². The first kappa shape index (κ1) is 21.0. The van der Waals surface area contributed by atoms with Crippen LogP contribution in [0.2, 0.25) is 0 Å². The van der Waals surface area contributed by atoms with Crippen molar-refractivity contribution in [3.8, 4) is 22.8 Å². The lowest BCUT2D eigenvalue weighted by molar-refractivity contribution is 0.259. The Bertz CT molecular complexity index is 1240. The van der Waals surface area contributed by atoms with E-state index in [1.165, 1.54) is 37.8 Å². The number of phenolic OH excluding ortho intramolecular Hbond substituents is 1. The lowest BCUT2D eigenvalue weighted by Crippen LogP contribution is -2.20. The Balaban J connectivity index is 0.000000225. The molecule has 0 bridgehead atoms. The van der Waals surface area contributed by atoms with Crippen LogP contribution < -0.4 is 15.8 Å². The van der Waals surface area contributed by atoms with E-state index in [9.17, 15) is 9.90 Å². The predicted octanol–water partition coefficient (Wildman–Crippen LogP) is 4.46. The van der Waals surface area contributed by atoms with Crippen LogP contribution in [0.5, 0.6) is 11.5 Å². The van der Waals surface area contributed by atoms with Gasteiger partial charge in [-0.25, -0.2) is 19.7 Å². The first-order chi connectivity index (χ1) is 15.5. The van der Waals surface area contributed by atoms with Crippen LogP contribution in [-0.2, 0) is 0 Å². The highest BCUT2D eigenvalue weighted by Gasteiger charge is 2.22. The molecule has 0 spiro atoms. The molecule has 32 heavy (non-hydrogen) atoms. The van der Waals surface area contributed by atoms with Gasteiger partial charge in [-0.15, -0.1) is 0 Å². The van der Waals surface area contributed by atoms with E-state index >= 15 is 0 Å². The fourth-order valence-electron chi connectivity index (χ4n) is 3.22. The quantitative estimate of drug-likeness (QED) is 0.440. The molecule has 4 aromatic rings. The SMILES string of the molecule is COc1cc(-c2ccc3ncc(NC(N)=O)nc3n2)ccc1O.c1ccc(C2CC2)cc1. The number of amides is 2. The van der Waals surface area contributed by atoms with Crippen LogP contribution in [-0.4, -0.2) is 33.2 Å². The molecule has 0 aliphatic heterocycles. The number of aromatic nitrogens is 3. The van der Waals surface area contributed by atoms with Gasteiger partial charge in [0, 0.05) is 5.56 Å². The molecule has 1 fully saturated rings. The molecular weight excluding hydrogens is 406 g/mol. The number of rotatable bonds is 4. The zero-order valence-corrected chi connectivity index (χ0v) is 17.5. The summed E-state index contributed by atoms with van der Waals surface area (Å²) in [5.41, 5.74) is 8.90. The summed E-state index contributed by atoms with van der Waals surface area (Å²) in [6.07, 6.45) is 4.21. The summed E-state index contributed by atoms with van der Waals surface area (Å²) in [4.78, 5) is 23.6. The summed E-state index contributed by atoms with van der Waals surface area (Å²) in [7, 11) is 1.47. The van der Waals surface area contributed by atoms with E-state index in [4.69, 9.17) is 10.5 Å². The van der Waals surface area contributed by atoms with Gasteiger partial charge in [-0.3, -0.25) is 5.32 Å². The molecule has 2 aromatic carbocycles. The minimum absolute atomic E-state index is 0.0461. The van der Waals surface area contributed by atoms with Crippen molar-refractivity contribution in [3.63, 3.8) is 0 Å². The predicted molar refractivity (Wildman–Crippen MR) is 123 cm³/mol. The van der Waals surface area contributed by atoms with Crippen molar-refractivity contribution in [2.24, 2.45) is 5.73 Å². The van der Waals surface area contributed by atoms with Gasteiger partial charge in [0.2, 0.25) is 0 Å². The molecule has 2 aromatic heterocycles. The topological polar surface area (TPSA) is 123 Å². The van der Waals surface area contributed by atoms with Gasteiger partial charge in [-0.05, 0) is 54.7 Å². The number of hydrogen-bond donors (Lipinski definition) is 3. The average molecular weight is 429 g/mol. The molecule has 0 atom stereocenters. The van der Waals surface area contributed by atoms with Gasteiger partial charge in [-0.1, -0.05) is 30.3 Å². The highest BCUT2D eigenvalue weighted by Crippen LogP contribution is 2.39. The van der Waals surface area contributed by atoms with Crippen LogP contribution in [0.25, 0.3) is 22.4 Å². The average Bonchev–Trinajstić information content (AvgIpc) is 3.65. The van der Waals surface area contributed by atoms with Gasteiger partial charge in [0.05, 0.1) is 19.0 Å². The molecule has 0 saturated heterocycles. The van der Waals surface area contributed by atoms with E-state index < -0.39 is 6.03 Å². The second-order valence-corrected chi connectivity index (χ2v) is 7.36. The van der Waals surface area contributed by atoms with E-state index in [1.54, 1.807) is 24.3 Å². The van der Waals surface area contributed by atoms with Gasteiger partial charge in [0.1, 0.15) is 5.52 Å². The fraction of sp³-hybridized carbons (Fsp3) is 0.167. The van der Waals surface area contributed by atoms with Crippen LogP contribution >= 0.6 is 0 Å². The number of aromatic hydroxyl groups is 1. The number of carbonyl (C=O) groups excluding carboxylic acids is 1. The number of fused-ring (bicyclic) bond motifs is 1. The molecule has 1 aliphatic carbocycles. The number of hydrogen-bond acceptors (Lipinski definition) is 6. The number of phenols is 1. The summed E-state index contributed by atoms with van der Waals surface area (Å²) in [6, 6.07) is 18.5. The second kappa shape index (κ2) is 9.30. The standard InChI is InChI=1S/C15H13N5O3.C9H10/c1-23-12-6-8(2-5-11(12)21)9-3-4-10-14(18-9)19-13(7-17-10)20-15(16)22;1-2-4-8(5-3-1)9-6-7-9/h2-7,21H,1H3,(H3,16,18,19,20,22);1-5,9H,6-7H2. The van der Waals surface area contributed by atoms with Crippen molar-refractivity contribution in [2.45, 2.75) is 18.8 Å². The van der Waals surface area contributed by atoms with Gasteiger partial charge < -0.3 is 15.6 Å². The molecule has 8 heteroatoms. The van der Waals surface area contributed by atoms with Crippen molar-refractivity contribution >= 4 is 23.0 Å². The summed E-state index contributed by atoms with van der Waals surface area (Å²) in [5.74, 6) is 1.52. The monoisotopic (exact) mass is 429 g/mol. The number of anilines is 1. The van der Waals surface area contributed by atoms with Crippen LogP contribution in [0.1, 0.15) is 24.3 Å². The summed E-state index contributed by atoms with van der Waals surface area (Å²) >= 11 is 0. The molecule has 8 nitrogen and oxygen atoms in total. The Morgan fingerprint density at radius 2 is 1.88 bits per heavy atom. The van der Waals surface area contributed by atoms with Gasteiger partial charge in [0.25, 0.3) is 0 Å². The number of primary amides is 1. The maximum absolute atomic E-state index is 10.9. The van der Waals surface area contributed by atoms with E-state index in [0.29, 0.717) is 22.6 Å². The zero-order valence-electron chi connectivity index (χ0n) is 17.5. The molecule has 2 heterocycles. The molecule has 5 rings (SSSR count). The van der Waals surface area contributed by atoms with Crippen LogP contribution in [0.15, 0.2) is 66.9 Å². The van der Waals surface area contributed by atoms with Crippen molar-refractivity contribution in [1.29, 1.82) is 0 Å². The largest absolute Gasteiger partial charge is 0.504 e. The van der Waals surface area contributed by atoms with E-state index in [1.807, 2.05) is 0 Å². The van der Waals surface area contributed by atoms with Crippen molar-refractivity contribution in [3.05, 3.63) is 72.4 Å². The number of urea groups is 1. The third-order valence-electron chi connectivity index (χ3n) is 4.98. The molecule has 0 unspecified atom stereocenters. The number of nitrogens with zero attached hydrogens (tertiary/aromatic N) is 3. The molecule has 2 amide bonds. The summed E-state index contributed by atoms with van der Waals surface area (Å²) in [6.45, 7) is 0. The molecule has 1 saturated carbocycles. The second-order valence-electron chi connectivity index (χ2n) is 7.36. The lowest BCUT2D eigenvalue weighted by atomic mass is 10.1. The van der Waals surface area contributed by atoms with Crippen molar-refractivity contribution < 1.29 is 14.6 Å². The number of ether oxygens (including phenoxy) is 1. The molecule has 4 N–H and O–H groups in total. The number of methoxy groups -OCH3 is 1. The maximum Gasteiger partial charge on any atom is 0.317 e. The van der Waals surface area contributed by atoms with E-state index in [0.717, 1.165) is 11.5 Å². The zero-order chi connectivity index (χ0) is 22.5. The van der Waals surface area contributed by atoms with E-state index in [2.05, 4.69) is 50.6 Å². The smallest absolute Gasteiger partial charge is 0.317 e. The molecule has 162 valence electrons. The number of benzene rings is 2. The Morgan fingerprint density at radius 3 is 2.56 bits per heavy atom. The maximum atomic E-state index is 10.9. The van der Waals surface area contributed by atoms with Crippen LogP contribution in [0.4, 0.5) is 10.6 Å². The lowest BCUT2D eigenvalue weighted by Gasteiger charge is -2.07. The third-order valence-corrected chi connectivity index (χ3v) is 4.98. The van der Waals surface area contributed by atoms with Crippen LogP contribution in [0, 0.1) is 0 Å². The number of nitrogens with one attached hydrogen (secondary N) is 1. The highest BCUT2D eigenvalue weighted by atomic mass is 16.5. The number of nitrogens with two attached hydrogens (primary N) is 1. The van der Waals surface area contributed by atoms with Crippen molar-refractivity contribution in [2.75, 3.05) is 12.4 Å². The number of carbonyl (C=O) groups is 1. The molecule has 1 aliphatic rings. The Hall–Kier alpha value is -4.20. The first-order valence-electron chi connectivity index (χ1n) is 10.2. The van der Waals surface area contributed by atoms with Crippen LogP contribution in [0.3, 0.4) is 0 Å². The fourth-order valence-corrected chi connectivity index (χ4v) is 3.22.